The Morgan fingerprint density at radius 2 is 2.05 bits per heavy atom. The lowest BCUT2D eigenvalue weighted by Gasteiger charge is -2.29. The van der Waals surface area contributed by atoms with Crippen LogP contribution in [0.3, 0.4) is 0 Å². The summed E-state index contributed by atoms with van der Waals surface area (Å²) in [4.78, 5) is 4.53. The highest BCUT2D eigenvalue weighted by Crippen LogP contribution is 2.40. The second-order valence-corrected chi connectivity index (χ2v) is 6.75. The third kappa shape index (κ3) is 2.27. The Hall–Kier alpha value is -1.71. The van der Waals surface area contributed by atoms with Gasteiger partial charge in [0.05, 0.1) is 16.3 Å². The smallest absolute Gasteiger partial charge is 0.0809 e. The zero-order chi connectivity index (χ0) is 14.2. The molecule has 1 fully saturated rings. The first-order chi connectivity index (χ1) is 10.3. The fraction of sp³-hybridized carbons (Fsp3) is 0.278. The molecule has 2 aromatic heterocycles. The van der Waals surface area contributed by atoms with Crippen LogP contribution in [0, 0.1) is 0 Å². The van der Waals surface area contributed by atoms with Crippen molar-refractivity contribution in [2.75, 3.05) is 0 Å². The number of pyridine rings is 1. The van der Waals surface area contributed by atoms with E-state index in [1.807, 2.05) is 6.20 Å². The molecule has 1 saturated carbocycles. The van der Waals surface area contributed by atoms with Crippen molar-refractivity contribution in [1.29, 1.82) is 0 Å². The van der Waals surface area contributed by atoms with Crippen molar-refractivity contribution in [3.8, 4) is 0 Å². The van der Waals surface area contributed by atoms with Crippen LogP contribution in [-0.4, -0.2) is 4.98 Å². The molecule has 3 heteroatoms. The summed E-state index contributed by atoms with van der Waals surface area (Å²) < 4.78 is 1.21. The van der Waals surface area contributed by atoms with Crippen molar-refractivity contribution >= 4 is 21.6 Å². The molecule has 0 aliphatic heterocycles. The molecular weight excluding hydrogens is 276 g/mol. The van der Waals surface area contributed by atoms with Crippen molar-refractivity contribution in [3.63, 3.8) is 0 Å². The van der Waals surface area contributed by atoms with Gasteiger partial charge < -0.3 is 5.73 Å². The van der Waals surface area contributed by atoms with Crippen LogP contribution in [0.5, 0.6) is 0 Å². The molecule has 0 bridgehead atoms. The number of aromatic nitrogens is 1. The lowest BCUT2D eigenvalue weighted by molar-refractivity contribution is 0.416. The van der Waals surface area contributed by atoms with Crippen LogP contribution in [0.2, 0.25) is 0 Å². The summed E-state index contributed by atoms with van der Waals surface area (Å²) in [6.07, 6.45) is 5.87. The van der Waals surface area contributed by atoms with E-state index in [-0.39, 0.29) is 6.04 Å². The van der Waals surface area contributed by atoms with Gasteiger partial charge in [0.2, 0.25) is 0 Å². The molecule has 2 heterocycles. The largest absolute Gasteiger partial charge is 0.320 e. The number of nitrogens with zero attached hydrogens (tertiary/aromatic N) is 1. The number of rotatable bonds is 3. The summed E-state index contributed by atoms with van der Waals surface area (Å²) >= 11 is 1.72. The van der Waals surface area contributed by atoms with Crippen LogP contribution in [-0.2, 0) is 0 Å². The molecule has 1 aliphatic rings. The molecule has 2 N–H and O–H groups in total. The number of hydrogen-bond donors (Lipinski definition) is 1. The van der Waals surface area contributed by atoms with Gasteiger partial charge in [-0.1, -0.05) is 30.7 Å². The summed E-state index contributed by atoms with van der Waals surface area (Å²) in [6, 6.07) is 12.8. The Kier molecular flexibility index (Phi) is 3.24. The topological polar surface area (TPSA) is 38.9 Å². The maximum Gasteiger partial charge on any atom is 0.0809 e. The van der Waals surface area contributed by atoms with Crippen LogP contribution in [0.25, 0.3) is 10.2 Å². The minimum Gasteiger partial charge on any atom is -0.320 e. The second kappa shape index (κ2) is 5.24. The van der Waals surface area contributed by atoms with Gasteiger partial charge >= 0.3 is 0 Å². The molecule has 0 spiro atoms. The van der Waals surface area contributed by atoms with Crippen LogP contribution in [0.15, 0.2) is 48.0 Å². The Morgan fingerprint density at radius 1 is 1.19 bits per heavy atom. The quantitative estimate of drug-likeness (QED) is 0.766. The van der Waals surface area contributed by atoms with E-state index in [0.717, 1.165) is 11.1 Å². The second-order valence-electron chi connectivity index (χ2n) is 5.81. The molecule has 1 aromatic carbocycles. The standard InChI is InChI=1S/C18H18N2S/c19-18(13-10-17-16(20-11-13)8-9-21-17)15-7-2-1-6-14(15)12-4-3-5-12/h1-2,6-12,18H,3-5,19H2. The van der Waals surface area contributed by atoms with Gasteiger partial charge in [-0.3, -0.25) is 4.98 Å². The summed E-state index contributed by atoms with van der Waals surface area (Å²) in [7, 11) is 0. The molecule has 4 rings (SSSR count). The van der Waals surface area contributed by atoms with Gasteiger partial charge in [-0.15, -0.1) is 11.3 Å². The molecule has 1 aliphatic carbocycles. The molecule has 0 saturated heterocycles. The monoisotopic (exact) mass is 294 g/mol. The van der Waals surface area contributed by atoms with Crippen LogP contribution in [0.4, 0.5) is 0 Å². The summed E-state index contributed by atoms with van der Waals surface area (Å²) in [6.45, 7) is 0. The lowest BCUT2D eigenvalue weighted by atomic mass is 9.77. The van der Waals surface area contributed by atoms with E-state index in [9.17, 15) is 0 Å². The van der Waals surface area contributed by atoms with Crippen molar-refractivity contribution in [3.05, 3.63) is 64.7 Å². The molecule has 1 atom stereocenters. The van der Waals surface area contributed by atoms with Crippen LogP contribution in [0.1, 0.15) is 47.9 Å². The maximum absolute atomic E-state index is 6.56. The van der Waals surface area contributed by atoms with E-state index < -0.39 is 0 Å². The number of hydrogen-bond acceptors (Lipinski definition) is 3. The van der Waals surface area contributed by atoms with Crippen LogP contribution < -0.4 is 5.73 Å². The van der Waals surface area contributed by atoms with E-state index in [1.54, 1.807) is 11.3 Å². The number of fused-ring (bicyclic) bond motifs is 1. The Morgan fingerprint density at radius 3 is 2.86 bits per heavy atom. The van der Waals surface area contributed by atoms with Crippen molar-refractivity contribution < 1.29 is 0 Å². The SMILES string of the molecule is NC(c1cnc2ccsc2c1)c1ccccc1C1CCC1. The Bertz CT molecular complexity index is 773. The fourth-order valence-corrected chi connectivity index (χ4v) is 3.89. The number of benzene rings is 1. The van der Waals surface area contributed by atoms with Crippen molar-refractivity contribution in [2.24, 2.45) is 5.73 Å². The molecule has 1 unspecified atom stereocenters. The predicted molar refractivity (Wildman–Crippen MR) is 88.7 cm³/mol. The van der Waals surface area contributed by atoms with Crippen molar-refractivity contribution in [2.45, 2.75) is 31.2 Å². The first-order valence-corrected chi connectivity index (χ1v) is 8.38. The van der Waals surface area contributed by atoms with Gasteiger partial charge in [-0.2, -0.15) is 0 Å². The van der Waals surface area contributed by atoms with Crippen LogP contribution >= 0.6 is 11.3 Å². The van der Waals surface area contributed by atoms with Crippen molar-refractivity contribution in [1.82, 2.24) is 4.98 Å². The van der Waals surface area contributed by atoms with Gasteiger partial charge in [0.1, 0.15) is 0 Å². The average molecular weight is 294 g/mol. The Labute approximate surface area is 128 Å². The summed E-state index contributed by atoms with van der Waals surface area (Å²) in [5, 5.41) is 2.08. The normalized spacial score (nSPS) is 16.8. The highest BCUT2D eigenvalue weighted by atomic mass is 32.1. The predicted octanol–water partition coefficient (Wildman–Crippen LogP) is 4.61. The molecule has 3 aromatic rings. The van der Waals surface area contributed by atoms with E-state index in [2.05, 4.69) is 46.8 Å². The minimum atomic E-state index is -0.0826. The Balaban J connectivity index is 1.75. The molecule has 106 valence electrons. The first-order valence-electron chi connectivity index (χ1n) is 7.50. The highest BCUT2D eigenvalue weighted by Gasteiger charge is 2.24. The van der Waals surface area contributed by atoms with E-state index >= 15 is 0 Å². The van der Waals surface area contributed by atoms with Gasteiger partial charge in [0.15, 0.2) is 0 Å². The number of nitrogens with two attached hydrogens (primary N) is 1. The molecule has 0 radical (unpaired) electrons. The lowest BCUT2D eigenvalue weighted by Crippen LogP contribution is -2.18. The molecule has 0 amide bonds. The summed E-state index contributed by atoms with van der Waals surface area (Å²) in [5.41, 5.74) is 11.4. The number of thiophene rings is 1. The van der Waals surface area contributed by atoms with Gasteiger partial charge in [0.25, 0.3) is 0 Å². The fourth-order valence-electron chi connectivity index (χ4n) is 3.10. The zero-order valence-corrected chi connectivity index (χ0v) is 12.6. The van der Waals surface area contributed by atoms with Gasteiger partial charge in [-0.05, 0) is 53.0 Å². The maximum atomic E-state index is 6.56. The molecule has 21 heavy (non-hydrogen) atoms. The third-order valence-corrected chi connectivity index (χ3v) is 5.41. The first kappa shape index (κ1) is 13.0. The molecular formula is C18H18N2S. The third-order valence-electron chi connectivity index (χ3n) is 4.56. The molecule has 2 nitrogen and oxygen atoms in total. The summed E-state index contributed by atoms with van der Waals surface area (Å²) in [5.74, 6) is 0.700. The zero-order valence-electron chi connectivity index (χ0n) is 11.8. The van der Waals surface area contributed by atoms with E-state index in [4.69, 9.17) is 5.73 Å². The minimum absolute atomic E-state index is 0.0826. The van der Waals surface area contributed by atoms with Gasteiger partial charge in [0, 0.05) is 6.20 Å². The average Bonchev–Trinajstić information content (AvgIpc) is 2.92. The highest BCUT2D eigenvalue weighted by molar-refractivity contribution is 7.17. The van der Waals surface area contributed by atoms with Gasteiger partial charge in [-0.25, -0.2) is 0 Å². The van der Waals surface area contributed by atoms with E-state index in [1.165, 1.54) is 35.1 Å². The van der Waals surface area contributed by atoms with E-state index in [0.29, 0.717) is 5.92 Å².